The zero-order valence-electron chi connectivity index (χ0n) is 21.6. The fourth-order valence-electron chi connectivity index (χ4n) is 5.40. The first kappa shape index (κ1) is 25.2. The predicted molar refractivity (Wildman–Crippen MR) is 143 cm³/mol. The number of halogens is 2. The maximum Gasteiger partial charge on any atom is 0.358 e. The third kappa shape index (κ3) is 4.80. The number of ether oxygens (including phenoxy) is 2. The number of imidazole rings is 1. The largest absolute Gasteiger partial charge is 0.485 e. The molecule has 0 unspecified atom stereocenters. The van der Waals surface area contributed by atoms with Crippen molar-refractivity contribution >= 4 is 22.6 Å². The van der Waals surface area contributed by atoms with Gasteiger partial charge in [0, 0.05) is 43.8 Å². The van der Waals surface area contributed by atoms with Crippen LogP contribution in [0.15, 0.2) is 54.9 Å². The average molecular weight is 534 g/mol. The monoisotopic (exact) mass is 533 g/mol. The first-order valence-electron chi connectivity index (χ1n) is 13.2. The van der Waals surface area contributed by atoms with Crippen LogP contribution in [-0.4, -0.2) is 64.7 Å². The minimum atomic E-state index is -2.58. The summed E-state index contributed by atoms with van der Waals surface area (Å²) >= 11 is 0. The van der Waals surface area contributed by atoms with E-state index < -0.39 is 12.4 Å². The first-order chi connectivity index (χ1) is 19.0. The Bertz CT molecular complexity index is 1510. The second kappa shape index (κ2) is 10.6. The Morgan fingerprint density at radius 3 is 2.64 bits per heavy atom. The fourth-order valence-corrected chi connectivity index (χ4v) is 5.40. The minimum Gasteiger partial charge on any atom is -0.485 e. The van der Waals surface area contributed by atoms with E-state index in [9.17, 15) is 13.6 Å². The Labute approximate surface area is 224 Å². The highest BCUT2D eigenvalue weighted by Gasteiger charge is 2.27. The topological polar surface area (TPSA) is 72.7 Å². The van der Waals surface area contributed by atoms with Gasteiger partial charge in [-0.1, -0.05) is 18.2 Å². The number of alkyl halides is 2. The molecule has 0 bridgehead atoms. The SMILES string of the molecule is CCOC(=O)c1ncn2c1COc1c(CCN3CCN(c4cccc5nc(C(F)F)ccc45)CC3)cccc1-2. The van der Waals surface area contributed by atoms with Gasteiger partial charge in [0.2, 0.25) is 0 Å². The average Bonchev–Trinajstić information content (AvgIpc) is 3.41. The molecule has 2 aliphatic heterocycles. The van der Waals surface area contributed by atoms with E-state index in [4.69, 9.17) is 9.47 Å². The molecule has 0 spiro atoms. The molecular formula is C29H29F2N5O3. The summed E-state index contributed by atoms with van der Waals surface area (Å²) in [6.07, 6.45) is -0.0958. The molecule has 39 heavy (non-hydrogen) atoms. The summed E-state index contributed by atoms with van der Waals surface area (Å²) in [7, 11) is 0. The molecular weight excluding hydrogens is 504 g/mol. The maximum absolute atomic E-state index is 13.1. The number of fused-ring (bicyclic) bond motifs is 4. The number of esters is 1. The normalized spacial score (nSPS) is 15.2. The van der Waals surface area contributed by atoms with Crippen LogP contribution in [0.1, 0.15) is 40.8 Å². The van der Waals surface area contributed by atoms with Crippen LogP contribution >= 0.6 is 0 Å². The number of hydrogen-bond acceptors (Lipinski definition) is 7. The number of hydrogen-bond donors (Lipinski definition) is 0. The van der Waals surface area contributed by atoms with Crippen LogP contribution in [0.4, 0.5) is 14.5 Å². The van der Waals surface area contributed by atoms with Crippen LogP contribution in [0.25, 0.3) is 16.6 Å². The highest BCUT2D eigenvalue weighted by atomic mass is 19.3. The highest BCUT2D eigenvalue weighted by molar-refractivity contribution is 5.92. The van der Waals surface area contributed by atoms with Gasteiger partial charge in [0.1, 0.15) is 24.4 Å². The third-order valence-electron chi connectivity index (χ3n) is 7.39. The maximum atomic E-state index is 13.1. The minimum absolute atomic E-state index is 0.194. The van der Waals surface area contributed by atoms with Crippen molar-refractivity contribution in [3.05, 3.63) is 77.5 Å². The van der Waals surface area contributed by atoms with Crippen LogP contribution in [0.5, 0.6) is 5.75 Å². The number of aromatic nitrogens is 3. The number of rotatable bonds is 7. The number of nitrogens with zero attached hydrogens (tertiary/aromatic N) is 5. The van der Waals surface area contributed by atoms with Crippen molar-refractivity contribution in [1.29, 1.82) is 0 Å². The predicted octanol–water partition coefficient (Wildman–Crippen LogP) is 4.79. The van der Waals surface area contributed by atoms with Gasteiger partial charge >= 0.3 is 5.97 Å². The van der Waals surface area contributed by atoms with Crippen molar-refractivity contribution in [2.45, 2.75) is 26.4 Å². The van der Waals surface area contributed by atoms with Crippen LogP contribution in [0.2, 0.25) is 0 Å². The second-order valence-corrected chi connectivity index (χ2v) is 9.64. The van der Waals surface area contributed by atoms with E-state index in [1.807, 2.05) is 28.8 Å². The van der Waals surface area contributed by atoms with E-state index in [-0.39, 0.29) is 12.3 Å². The van der Waals surface area contributed by atoms with Crippen molar-refractivity contribution in [3.8, 4) is 11.4 Å². The molecule has 2 aliphatic rings. The van der Waals surface area contributed by atoms with Gasteiger partial charge in [0.15, 0.2) is 5.69 Å². The van der Waals surface area contributed by atoms with Gasteiger partial charge < -0.3 is 14.4 Å². The van der Waals surface area contributed by atoms with Crippen molar-refractivity contribution < 1.29 is 23.0 Å². The van der Waals surface area contributed by atoms with Crippen LogP contribution in [0, 0.1) is 0 Å². The standard InChI is InChI=1S/C29H29F2N5O3/c1-2-38-29(37)26-25-17-39-27-19(5-3-8-24(27)36(25)18-32-26)11-12-34-13-15-35(16-14-34)23-7-4-6-21-20(23)9-10-22(33-21)28(30)31/h3-10,18,28H,2,11-17H2,1H3. The van der Waals surface area contributed by atoms with Gasteiger partial charge in [-0.15, -0.1) is 0 Å². The van der Waals surface area contributed by atoms with Gasteiger partial charge in [-0.3, -0.25) is 9.47 Å². The number of carbonyl (C=O) groups excluding carboxylic acids is 1. The van der Waals surface area contributed by atoms with Gasteiger partial charge in [-0.25, -0.2) is 23.5 Å². The van der Waals surface area contributed by atoms with E-state index in [0.717, 1.165) is 67.2 Å². The lowest BCUT2D eigenvalue weighted by atomic mass is 10.1. The summed E-state index contributed by atoms with van der Waals surface area (Å²) in [5, 5.41) is 0.897. The molecule has 2 aromatic carbocycles. The molecule has 1 saturated heterocycles. The molecule has 0 amide bonds. The van der Waals surface area contributed by atoms with E-state index in [1.54, 1.807) is 25.4 Å². The van der Waals surface area contributed by atoms with Crippen LogP contribution in [0.3, 0.4) is 0 Å². The van der Waals surface area contributed by atoms with E-state index in [1.165, 1.54) is 6.07 Å². The molecule has 1 fully saturated rings. The summed E-state index contributed by atoms with van der Waals surface area (Å²) in [4.78, 5) is 25.4. The number of benzene rings is 2. The Hall–Kier alpha value is -4.05. The number of pyridine rings is 1. The molecule has 10 heteroatoms. The molecule has 8 nitrogen and oxygen atoms in total. The van der Waals surface area contributed by atoms with Gasteiger partial charge in [-0.2, -0.15) is 0 Å². The number of anilines is 1. The molecule has 4 heterocycles. The number of para-hydroxylation sites is 1. The van der Waals surface area contributed by atoms with E-state index >= 15 is 0 Å². The van der Waals surface area contributed by atoms with Crippen molar-refractivity contribution in [2.24, 2.45) is 0 Å². The van der Waals surface area contributed by atoms with Crippen molar-refractivity contribution in [3.63, 3.8) is 0 Å². The first-order valence-corrected chi connectivity index (χ1v) is 13.2. The fraction of sp³-hybridized carbons (Fsp3) is 0.345. The molecule has 0 radical (unpaired) electrons. The molecule has 6 rings (SSSR count). The second-order valence-electron chi connectivity index (χ2n) is 9.64. The Kier molecular flexibility index (Phi) is 6.86. The molecule has 202 valence electrons. The lowest BCUT2D eigenvalue weighted by molar-refractivity contribution is 0.0516. The lowest BCUT2D eigenvalue weighted by Gasteiger charge is -2.36. The van der Waals surface area contributed by atoms with E-state index in [0.29, 0.717) is 23.5 Å². The molecule has 2 aromatic heterocycles. The smallest absolute Gasteiger partial charge is 0.358 e. The highest BCUT2D eigenvalue weighted by Crippen LogP contribution is 2.35. The van der Waals surface area contributed by atoms with Gasteiger partial charge in [0.05, 0.1) is 23.5 Å². The third-order valence-corrected chi connectivity index (χ3v) is 7.39. The quantitative estimate of drug-likeness (QED) is 0.316. The summed E-state index contributed by atoms with van der Waals surface area (Å²) in [5.41, 5.74) is 4.41. The summed E-state index contributed by atoms with van der Waals surface area (Å²) in [5.74, 6) is 0.383. The Morgan fingerprint density at radius 2 is 1.85 bits per heavy atom. The molecule has 0 aliphatic carbocycles. The van der Waals surface area contributed by atoms with Crippen molar-refractivity contribution in [1.82, 2.24) is 19.4 Å². The molecule has 4 aromatic rings. The zero-order valence-corrected chi connectivity index (χ0v) is 21.6. The lowest BCUT2D eigenvalue weighted by Crippen LogP contribution is -2.47. The Morgan fingerprint density at radius 1 is 1.05 bits per heavy atom. The van der Waals surface area contributed by atoms with Gasteiger partial charge in [-0.05, 0) is 49.2 Å². The van der Waals surface area contributed by atoms with Crippen LogP contribution in [-0.2, 0) is 17.8 Å². The molecule has 0 N–H and O–H groups in total. The number of carbonyl (C=O) groups is 1. The number of piperazine rings is 1. The summed E-state index contributed by atoms with van der Waals surface area (Å²) < 4.78 is 39.4. The summed E-state index contributed by atoms with van der Waals surface area (Å²) in [6.45, 7) is 6.67. The summed E-state index contributed by atoms with van der Waals surface area (Å²) in [6, 6.07) is 14.9. The Balaban J connectivity index is 1.11. The van der Waals surface area contributed by atoms with Crippen LogP contribution < -0.4 is 9.64 Å². The van der Waals surface area contributed by atoms with E-state index in [2.05, 4.69) is 25.8 Å². The van der Waals surface area contributed by atoms with Gasteiger partial charge in [0.25, 0.3) is 6.43 Å². The van der Waals surface area contributed by atoms with Crippen molar-refractivity contribution in [2.75, 3.05) is 44.2 Å². The zero-order chi connectivity index (χ0) is 26.9. The molecule has 0 atom stereocenters. The molecule has 0 saturated carbocycles.